The van der Waals surface area contributed by atoms with Crippen LogP contribution in [0.1, 0.15) is 30.6 Å². The van der Waals surface area contributed by atoms with E-state index in [4.69, 9.17) is 0 Å². The second kappa shape index (κ2) is 8.30. The SMILES string of the molecule is CCN(CC)c1ccc(C(=O)CCN2CCN(C)CC2)cc1. The van der Waals surface area contributed by atoms with Crippen LogP contribution < -0.4 is 4.90 Å². The van der Waals surface area contributed by atoms with Crippen molar-refractivity contribution < 1.29 is 4.79 Å². The molecule has 0 atom stereocenters. The van der Waals surface area contributed by atoms with Gasteiger partial charge in [-0.3, -0.25) is 4.79 Å². The molecule has 122 valence electrons. The summed E-state index contributed by atoms with van der Waals surface area (Å²) in [6.45, 7) is 11.5. The van der Waals surface area contributed by atoms with Gasteiger partial charge in [-0.1, -0.05) is 0 Å². The molecule has 0 aromatic heterocycles. The van der Waals surface area contributed by atoms with Crippen LogP contribution in [0.2, 0.25) is 0 Å². The molecule has 0 bridgehead atoms. The van der Waals surface area contributed by atoms with Crippen molar-refractivity contribution in [1.82, 2.24) is 9.80 Å². The number of anilines is 1. The van der Waals surface area contributed by atoms with Gasteiger partial charge >= 0.3 is 0 Å². The number of piperazine rings is 1. The molecule has 4 nitrogen and oxygen atoms in total. The third-order valence-electron chi connectivity index (χ3n) is 4.57. The van der Waals surface area contributed by atoms with E-state index in [0.717, 1.165) is 51.4 Å². The van der Waals surface area contributed by atoms with Gasteiger partial charge in [-0.25, -0.2) is 0 Å². The van der Waals surface area contributed by atoms with Crippen molar-refractivity contribution in [3.05, 3.63) is 29.8 Å². The molecule has 4 heteroatoms. The van der Waals surface area contributed by atoms with Crippen molar-refractivity contribution in [2.75, 3.05) is 57.8 Å². The number of nitrogens with zero attached hydrogens (tertiary/aromatic N) is 3. The smallest absolute Gasteiger partial charge is 0.164 e. The summed E-state index contributed by atoms with van der Waals surface area (Å²) in [5.74, 6) is 0.255. The molecule has 0 radical (unpaired) electrons. The van der Waals surface area contributed by atoms with E-state index in [9.17, 15) is 4.79 Å². The minimum absolute atomic E-state index is 0.255. The fourth-order valence-electron chi connectivity index (χ4n) is 2.92. The monoisotopic (exact) mass is 303 g/mol. The van der Waals surface area contributed by atoms with Crippen molar-refractivity contribution in [3.8, 4) is 0 Å². The number of rotatable bonds is 7. The van der Waals surface area contributed by atoms with Crippen molar-refractivity contribution in [2.45, 2.75) is 20.3 Å². The average molecular weight is 303 g/mol. The van der Waals surface area contributed by atoms with Crippen LogP contribution in [-0.4, -0.2) is 68.4 Å². The summed E-state index contributed by atoms with van der Waals surface area (Å²) >= 11 is 0. The third kappa shape index (κ3) is 4.55. The largest absolute Gasteiger partial charge is 0.372 e. The number of hydrogen-bond donors (Lipinski definition) is 0. The molecule has 0 amide bonds. The third-order valence-corrected chi connectivity index (χ3v) is 4.57. The number of carbonyl (C=O) groups excluding carboxylic acids is 1. The molecule has 1 heterocycles. The van der Waals surface area contributed by atoms with Crippen molar-refractivity contribution in [2.24, 2.45) is 0 Å². The Kier molecular flexibility index (Phi) is 6.40. The first-order valence-corrected chi connectivity index (χ1v) is 8.43. The molecule has 1 aliphatic heterocycles. The Morgan fingerprint density at radius 2 is 1.64 bits per heavy atom. The molecule has 0 unspecified atom stereocenters. The zero-order chi connectivity index (χ0) is 15.9. The Labute approximate surface area is 134 Å². The maximum absolute atomic E-state index is 12.3. The van der Waals surface area contributed by atoms with E-state index < -0.39 is 0 Å². The molecule has 1 saturated heterocycles. The molecule has 1 aromatic carbocycles. The fraction of sp³-hybridized carbons (Fsp3) is 0.611. The van der Waals surface area contributed by atoms with E-state index in [0.29, 0.717) is 6.42 Å². The minimum atomic E-state index is 0.255. The summed E-state index contributed by atoms with van der Waals surface area (Å²) in [5.41, 5.74) is 2.03. The summed E-state index contributed by atoms with van der Waals surface area (Å²) in [6.07, 6.45) is 0.619. The summed E-state index contributed by atoms with van der Waals surface area (Å²) < 4.78 is 0. The Morgan fingerprint density at radius 3 is 2.18 bits per heavy atom. The van der Waals surface area contributed by atoms with Gasteiger partial charge in [0.2, 0.25) is 0 Å². The molecule has 1 aromatic rings. The van der Waals surface area contributed by atoms with Gasteiger partial charge in [0.1, 0.15) is 0 Å². The van der Waals surface area contributed by atoms with E-state index in [1.807, 2.05) is 12.1 Å². The highest BCUT2D eigenvalue weighted by Gasteiger charge is 2.15. The average Bonchev–Trinajstić information content (AvgIpc) is 2.56. The Morgan fingerprint density at radius 1 is 1.05 bits per heavy atom. The highest BCUT2D eigenvalue weighted by Crippen LogP contribution is 2.16. The normalized spacial score (nSPS) is 16.7. The van der Waals surface area contributed by atoms with Crippen LogP contribution >= 0.6 is 0 Å². The molecule has 2 rings (SSSR count). The minimum Gasteiger partial charge on any atom is -0.372 e. The molecule has 0 N–H and O–H groups in total. The molecule has 0 saturated carbocycles. The first-order valence-electron chi connectivity index (χ1n) is 8.43. The quantitative estimate of drug-likeness (QED) is 0.723. The van der Waals surface area contributed by atoms with Gasteiger partial charge in [-0.05, 0) is 45.2 Å². The Hall–Kier alpha value is -1.39. The van der Waals surface area contributed by atoms with E-state index in [1.54, 1.807) is 0 Å². The van der Waals surface area contributed by atoms with Gasteiger partial charge in [0.25, 0.3) is 0 Å². The topological polar surface area (TPSA) is 26.8 Å². The maximum Gasteiger partial charge on any atom is 0.164 e. The predicted molar refractivity (Wildman–Crippen MR) is 92.9 cm³/mol. The van der Waals surface area contributed by atoms with Crippen LogP contribution in [0.5, 0.6) is 0 Å². The zero-order valence-corrected chi connectivity index (χ0v) is 14.2. The lowest BCUT2D eigenvalue weighted by Crippen LogP contribution is -2.45. The van der Waals surface area contributed by atoms with Gasteiger partial charge in [-0.2, -0.15) is 0 Å². The lowest BCUT2D eigenvalue weighted by atomic mass is 10.1. The lowest BCUT2D eigenvalue weighted by Gasteiger charge is -2.32. The van der Waals surface area contributed by atoms with Crippen LogP contribution in [0.25, 0.3) is 0 Å². The number of benzene rings is 1. The molecular formula is C18H29N3O. The number of ketones is 1. The van der Waals surface area contributed by atoms with Gasteiger partial charge < -0.3 is 14.7 Å². The first-order chi connectivity index (χ1) is 10.6. The lowest BCUT2D eigenvalue weighted by molar-refractivity contribution is 0.0942. The zero-order valence-electron chi connectivity index (χ0n) is 14.2. The van der Waals surface area contributed by atoms with Gasteiger partial charge in [0.05, 0.1) is 0 Å². The summed E-state index contributed by atoms with van der Waals surface area (Å²) in [6, 6.07) is 8.08. The predicted octanol–water partition coefficient (Wildman–Crippen LogP) is 2.35. The molecule has 1 fully saturated rings. The van der Waals surface area contributed by atoms with E-state index in [-0.39, 0.29) is 5.78 Å². The van der Waals surface area contributed by atoms with Crippen LogP contribution in [-0.2, 0) is 0 Å². The van der Waals surface area contributed by atoms with E-state index in [1.165, 1.54) is 5.69 Å². The Bertz CT molecular complexity index is 460. The molecule has 22 heavy (non-hydrogen) atoms. The van der Waals surface area contributed by atoms with Gasteiger partial charge in [0, 0.05) is 63.5 Å². The van der Waals surface area contributed by atoms with E-state index >= 15 is 0 Å². The van der Waals surface area contributed by atoms with Crippen LogP contribution in [0, 0.1) is 0 Å². The summed E-state index contributed by atoms with van der Waals surface area (Å²) in [7, 11) is 2.15. The van der Waals surface area contributed by atoms with E-state index in [2.05, 4.69) is 47.7 Å². The Balaban J connectivity index is 1.84. The second-order valence-electron chi connectivity index (χ2n) is 6.04. The number of carbonyl (C=O) groups is 1. The standard InChI is InChI=1S/C18H29N3O/c1-4-21(5-2)17-8-6-16(7-9-17)18(22)10-11-20-14-12-19(3)13-15-20/h6-9H,4-5,10-15H2,1-3H3. The highest BCUT2D eigenvalue weighted by molar-refractivity contribution is 5.96. The number of likely N-dealkylation sites (N-methyl/N-ethyl adjacent to an activating group) is 1. The maximum atomic E-state index is 12.3. The highest BCUT2D eigenvalue weighted by atomic mass is 16.1. The van der Waals surface area contributed by atoms with Crippen molar-refractivity contribution in [3.63, 3.8) is 0 Å². The number of hydrogen-bond acceptors (Lipinski definition) is 4. The van der Waals surface area contributed by atoms with Crippen molar-refractivity contribution in [1.29, 1.82) is 0 Å². The molecule has 0 aliphatic carbocycles. The van der Waals surface area contributed by atoms with Crippen LogP contribution in [0.3, 0.4) is 0 Å². The summed E-state index contributed by atoms with van der Waals surface area (Å²) in [4.78, 5) is 19.3. The van der Waals surface area contributed by atoms with Gasteiger partial charge in [0.15, 0.2) is 5.78 Å². The molecule has 1 aliphatic rings. The number of Topliss-reactive ketones (excluding diaryl/α,β-unsaturated/α-hetero) is 1. The van der Waals surface area contributed by atoms with Crippen LogP contribution in [0.15, 0.2) is 24.3 Å². The fourth-order valence-corrected chi connectivity index (χ4v) is 2.92. The van der Waals surface area contributed by atoms with Gasteiger partial charge in [-0.15, -0.1) is 0 Å². The van der Waals surface area contributed by atoms with Crippen molar-refractivity contribution >= 4 is 11.5 Å². The molecular weight excluding hydrogens is 274 g/mol. The summed E-state index contributed by atoms with van der Waals surface area (Å²) in [5, 5.41) is 0. The molecule has 0 spiro atoms. The van der Waals surface area contributed by atoms with Crippen LogP contribution in [0.4, 0.5) is 5.69 Å². The second-order valence-corrected chi connectivity index (χ2v) is 6.04. The first kappa shape index (κ1) is 17.0.